The summed E-state index contributed by atoms with van der Waals surface area (Å²) < 4.78 is 19.3. The molecular formula is C14H11FO2. The van der Waals surface area contributed by atoms with E-state index in [9.17, 15) is 9.50 Å². The van der Waals surface area contributed by atoms with Gasteiger partial charge in [-0.15, -0.1) is 0 Å². The maximum Gasteiger partial charge on any atom is 0.138 e. The van der Waals surface area contributed by atoms with Gasteiger partial charge in [0.1, 0.15) is 23.9 Å². The molecule has 2 aromatic rings. The van der Waals surface area contributed by atoms with Gasteiger partial charge in [0.15, 0.2) is 0 Å². The Morgan fingerprint density at radius 3 is 2.88 bits per heavy atom. The topological polar surface area (TPSA) is 29.5 Å². The monoisotopic (exact) mass is 230 g/mol. The summed E-state index contributed by atoms with van der Waals surface area (Å²) in [5.41, 5.74) is 3.37. The van der Waals surface area contributed by atoms with Crippen LogP contribution in [0.4, 0.5) is 4.39 Å². The molecule has 0 unspecified atom stereocenters. The van der Waals surface area contributed by atoms with Crippen molar-refractivity contribution in [3.8, 4) is 22.6 Å². The van der Waals surface area contributed by atoms with Crippen LogP contribution in [0, 0.1) is 12.7 Å². The van der Waals surface area contributed by atoms with Gasteiger partial charge in [0.2, 0.25) is 0 Å². The number of hydrogen-bond acceptors (Lipinski definition) is 2. The Balaban J connectivity index is 2.29. The van der Waals surface area contributed by atoms with E-state index in [1.807, 2.05) is 25.1 Å². The summed E-state index contributed by atoms with van der Waals surface area (Å²) in [5, 5.41) is 9.34. The largest absolute Gasteiger partial charge is 0.508 e. The number of phenols is 1. The molecule has 0 atom stereocenters. The number of rotatable bonds is 0. The Kier molecular flexibility index (Phi) is 2.08. The highest BCUT2D eigenvalue weighted by Crippen LogP contribution is 2.41. The van der Waals surface area contributed by atoms with E-state index in [1.165, 1.54) is 6.07 Å². The van der Waals surface area contributed by atoms with E-state index in [1.54, 1.807) is 0 Å². The van der Waals surface area contributed by atoms with Crippen LogP contribution >= 0.6 is 0 Å². The molecule has 0 saturated carbocycles. The van der Waals surface area contributed by atoms with Crippen LogP contribution in [0.3, 0.4) is 0 Å². The fourth-order valence-electron chi connectivity index (χ4n) is 2.18. The number of benzene rings is 2. The summed E-state index contributed by atoms with van der Waals surface area (Å²) >= 11 is 0. The van der Waals surface area contributed by atoms with Crippen LogP contribution in [0.2, 0.25) is 0 Å². The first-order valence-corrected chi connectivity index (χ1v) is 5.40. The van der Waals surface area contributed by atoms with Crippen molar-refractivity contribution in [1.29, 1.82) is 0 Å². The standard InChI is InChI=1S/C14H11FO2/c1-8-2-3-11-9(4-8)7-17-13-6-10(16)5-12(15)14(11)13/h2-6,16H,7H2,1H3. The van der Waals surface area contributed by atoms with E-state index in [0.29, 0.717) is 17.9 Å². The summed E-state index contributed by atoms with van der Waals surface area (Å²) in [6.07, 6.45) is 0. The highest BCUT2D eigenvalue weighted by atomic mass is 19.1. The lowest BCUT2D eigenvalue weighted by Crippen LogP contribution is -2.07. The maximum atomic E-state index is 13.9. The molecule has 1 heterocycles. The smallest absolute Gasteiger partial charge is 0.138 e. The fraction of sp³-hybridized carbons (Fsp3) is 0.143. The van der Waals surface area contributed by atoms with Crippen LogP contribution in [0.15, 0.2) is 30.3 Å². The quantitative estimate of drug-likeness (QED) is 0.751. The molecule has 0 amide bonds. The molecule has 0 fully saturated rings. The van der Waals surface area contributed by atoms with E-state index in [4.69, 9.17) is 4.74 Å². The average molecular weight is 230 g/mol. The van der Waals surface area contributed by atoms with E-state index in [-0.39, 0.29) is 5.75 Å². The van der Waals surface area contributed by atoms with Gasteiger partial charge < -0.3 is 9.84 Å². The number of aryl methyl sites for hydroxylation is 1. The second-order valence-electron chi connectivity index (χ2n) is 4.25. The predicted octanol–water partition coefficient (Wildman–Crippen LogP) is 3.40. The van der Waals surface area contributed by atoms with Crippen molar-refractivity contribution >= 4 is 0 Å². The Hall–Kier alpha value is -2.03. The first-order chi connectivity index (χ1) is 8.15. The molecule has 0 aromatic heterocycles. The summed E-state index contributed by atoms with van der Waals surface area (Å²) in [6, 6.07) is 8.38. The third kappa shape index (κ3) is 1.55. The van der Waals surface area contributed by atoms with E-state index >= 15 is 0 Å². The number of fused-ring (bicyclic) bond motifs is 3. The summed E-state index contributed by atoms with van der Waals surface area (Å²) in [7, 11) is 0. The van der Waals surface area contributed by atoms with Crippen molar-refractivity contribution in [3.05, 3.63) is 47.3 Å². The van der Waals surface area contributed by atoms with Crippen molar-refractivity contribution < 1.29 is 14.2 Å². The minimum Gasteiger partial charge on any atom is -0.508 e. The van der Waals surface area contributed by atoms with Crippen molar-refractivity contribution in [2.45, 2.75) is 13.5 Å². The minimum absolute atomic E-state index is 0.114. The Morgan fingerprint density at radius 2 is 2.06 bits per heavy atom. The van der Waals surface area contributed by atoms with Gasteiger partial charge in [0.05, 0.1) is 5.56 Å². The Morgan fingerprint density at radius 1 is 1.24 bits per heavy atom. The maximum absolute atomic E-state index is 13.9. The SMILES string of the molecule is Cc1ccc2c(c1)COc1cc(O)cc(F)c1-2. The Labute approximate surface area is 98.3 Å². The lowest BCUT2D eigenvalue weighted by molar-refractivity contribution is 0.298. The zero-order valence-electron chi connectivity index (χ0n) is 9.33. The normalized spacial score (nSPS) is 12.6. The molecular weight excluding hydrogens is 219 g/mol. The van der Waals surface area contributed by atoms with Crippen molar-refractivity contribution in [3.63, 3.8) is 0 Å². The number of ether oxygens (including phenoxy) is 1. The van der Waals surface area contributed by atoms with Crippen LogP contribution in [-0.4, -0.2) is 5.11 Å². The fourth-order valence-corrected chi connectivity index (χ4v) is 2.18. The number of phenolic OH excluding ortho intramolecular Hbond substituents is 1. The van der Waals surface area contributed by atoms with Crippen LogP contribution in [0.1, 0.15) is 11.1 Å². The molecule has 0 aliphatic carbocycles. The van der Waals surface area contributed by atoms with Gasteiger partial charge in [0.25, 0.3) is 0 Å². The van der Waals surface area contributed by atoms with Gasteiger partial charge in [-0.1, -0.05) is 23.8 Å². The molecule has 3 heteroatoms. The molecule has 2 aromatic carbocycles. The summed E-state index contributed by atoms with van der Waals surface area (Å²) in [5.74, 6) is -0.166. The second kappa shape index (κ2) is 3.48. The van der Waals surface area contributed by atoms with Gasteiger partial charge in [0, 0.05) is 12.1 Å². The van der Waals surface area contributed by atoms with E-state index in [0.717, 1.165) is 22.8 Å². The zero-order chi connectivity index (χ0) is 12.0. The number of halogens is 1. The first-order valence-electron chi connectivity index (χ1n) is 5.40. The lowest BCUT2D eigenvalue weighted by atomic mass is 9.95. The third-order valence-corrected chi connectivity index (χ3v) is 2.95. The lowest BCUT2D eigenvalue weighted by Gasteiger charge is -2.21. The van der Waals surface area contributed by atoms with Gasteiger partial charge in [-0.25, -0.2) is 4.39 Å². The highest BCUT2D eigenvalue weighted by Gasteiger charge is 2.21. The van der Waals surface area contributed by atoms with Crippen molar-refractivity contribution in [2.75, 3.05) is 0 Å². The van der Waals surface area contributed by atoms with Crippen LogP contribution in [0.5, 0.6) is 11.5 Å². The van der Waals surface area contributed by atoms with Crippen LogP contribution in [0.25, 0.3) is 11.1 Å². The first kappa shape index (κ1) is 10.1. The van der Waals surface area contributed by atoms with Gasteiger partial charge >= 0.3 is 0 Å². The number of hydrogen-bond donors (Lipinski definition) is 1. The molecule has 1 aliphatic rings. The van der Waals surface area contributed by atoms with E-state index in [2.05, 4.69) is 0 Å². The molecule has 86 valence electrons. The molecule has 0 saturated heterocycles. The van der Waals surface area contributed by atoms with Gasteiger partial charge in [-0.3, -0.25) is 0 Å². The third-order valence-electron chi connectivity index (χ3n) is 2.95. The highest BCUT2D eigenvalue weighted by molar-refractivity contribution is 5.76. The van der Waals surface area contributed by atoms with Gasteiger partial charge in [-0.05, 0) is 18.1 Å². The second-order valence-corrected chi connectivity index (χ2v) is 4.25. The molecule has 1 aliphatic heterocycles. The molecule has 0 radical (unpaired) electrons. The van der Waals surface area contributed by atoms with Crippen LogP contribution in [-0.2, 0) is 6.61 Å². The molecule has 1 N–H and O–H groups in total. The molecule has 3 rings (SSSR count). The zero-order valence-corrected chi connectivity index (χ0v) is 9.33. The predicted molar refractivity (Wildman–Crippen MR) is 62.6 cm³/mol. The minimum atomic E-state index is -0.454. The van der Waals surface area contributed by atoms with E-state index < -0.39 is 5.82 Å². The van der Waals surface area contributed by atoms with Crippen molar-refractivity contribution in [1.82, 2.24) is 0 Å². The van der Waals surface area contributed by atoms with Gasteiger partial charge in [-0.2, -0.15) is 0 Å². The number of aromatic hydroxyl groups is 1. The van der Waals surface area contributed by atoms with Crippen LogP contribution < -0.4 is 4.74 Å². The molecule has 17 heavy (non-hydrogen) atoms. The molecule has 2 nitrogen and oxygen atoms in total. The molecule has 0 spiro atoms. The molecule has 0 bridgehead atoms. The van der Waals surface area contributed by atoms with Crippen molar-refractivity contribution in [2.24, 2.45) is 0 Å². The average Bonchev–Trinajstić information content (AvgIpc) is 2.28. The Bertz CT molecular complexity index is 605. The summed E-state index contributed by atoms with van der Waals surface area (Å²) in [4.78, 5) is 0. The summed E-state index contributed by atoms with van der Waals surface area (Å²) in [6.45, 7) is 2.40.